The molecule has 2 fully saturated rings. The molecule has 3 aliphatic carbocycles. The number of aromatic nitrogens is 1. The van der Waals surface area contributed by atoms with Gasteiger partial charge in [0.25, 0.3) is 0 Å². The molecule has 6 atom stereocenters. The van der Waals surface area contributed by atoms with Gasteiger partial charge < -0.3 is 10.2 Å². The molecule has 0 aliphatic heterocycles. The summed E-state index contributed by atoms with van der Waals surface area (Å²) in [4.78, 5) is 4.26. The van der Waals surface area contributed by atoms with Gasteiger partial charge in [-0.05, 0) is 103 Å². The maximum Gasteiger partial charge on any atom is 0.115 e. The molecule has 0 amide bonds. The highest BCUT2D eigenvalue weighted by Crippen LogP contribution is 2.62. The van der Waals surface area contributed by atoms with E-state index >= 15 is 0 Å². The van der Waals surface area contributed by atoms with E-state index in [0.717, 1.165) is 32.1 Å². The fraction of sp³-hybridized carbons (Fsp3) is 0.542. The molecule has 1 aromatic carbocycles. The molecule has 2 saturated carbocycles. The van der Waals surface area contributed by atoms with Gasteiger partial charge >= 0.3 is 0 Å². The van der Waals surface area contributed by atoms with E-state index in [4.69, 9.17) is 0 Å². The minimum Gasteiger partial charge on any atom is -0.508 e. The average molecular weight is 364 g/mol. The number of hydrogen-bond donors (Lipinski definition) is 2. The molecular weight excluding hydrogens is 334 g/mol. The van der Waals surface area contributed by atoms with Crippen LogP contribution in [0.3, 0.4) is 0 Å². The molecule has 27 heavy (non-hydrogen) atoms. The van der Waals surface area contributed by atoms with E-state index in [9.17, 15) is 10.2 Å². The van der Waals surface area contributed by atoms with Gasteiger partial charge in [-0.25, -0.2) is 0 Å². The minimum atomic E-state index is -0.218. The molecule has 1 heterocycles. The summed E-state index contributed by atoms with van der Waals surface area (Å²) in [6, 6.07) is 10.1. The molecule has 3 nitrogen and oxygen atoms in total. The first-order valence-electron chi connectivity index (χ1n) is 10.4. The van der Waals surface area contributed by atoms with Crippen LogP contribution in [0.1, 0.15) is 55.2 Å². The van der Waals surface area contributed by atoms with Crippen LogP contribution in [0.4, 0.5) is 0 Å². The van der Waals surface area contributed by atoms with E-state index in [1.54, 1.807) is 0 Å². The molecule has 5 rings (SSSR count). The quantitative estimate of drug-likeness (QED) is 0.827. The summed E-state index contributed by atoms with van der Waals surface area (Å²) in [6.45, 7) is 2.34. The Morgan fingerprint density at radius 1 is 1.22 bits per heavy atom. The number of fused-ring (bicyclic) bond motifs is 5. The van der Waals surface area contributed by atoms with Crippen LogP contribution in [0.2, 0.25) is 0 Å². The van der Waals surface area contributed by atoms with Crippen molar-refractivity contribution in [3.63, 3.8) is 0 Å². The second kappa shape index (κ2) is 6.34. The Kier molecular flexibility index (Phi) is 4.05. The number of aryl methyl sites for hydroxylation is 1. The lowest BCUT2D eigenvalue weighted by Crippen LogP contribution is -2.44. The van der Waals surface area contributed by atoms with Gasteiger partial charge in [0.15, 0.2) is 0 Å². The predicted octanol–water partition coefficient (Wildman–Crippen LogP) is 4.47. The topological polar surface area (TPSA) is 53.4 Å². The zero-order chi connectivity index (χ0) is 18.6. The number of aliphatic hydroxyl groups excluding tert-OH is 1. The second-order valence-electron chi connectivity index (χ2n) is 9.35. The van der Waals surface area contributed by atoms with Crippen molar-refractivity contribution in [2.24, 2.45) is 23.2 Å². The van der Waals surface area contributed by atoms with Gasteiger partial charge in [0.2, 0.25) is 0 Å². The average Bonchev–Trinajstić information content (AvgIpc) is 2.93. The minimum absolute atomic E-state index is 0.0441. The number of pyridine rings is 1. The molecule has 142 valence electrons. The van der Waals surface area contributed by atoms with Crippen molar-refractivity contribution in [2.75, 3.05) is 0 Å². The molecule has 2 aromatic rings. The van der Waals surface area contributed by atoms with Crippen LogP contribution in [0.5, 0.6) is 5.75 Å². The lowest BCUT2D eigenvalue weighted by Gasteiger charge is -2.50. The molecule has 3 aliphatic rings. The van der Waals surface area contributed by atoms with Gasteiger partial charge in [0.05, 0.1) is 6.10 Å². The van der Waals surface area contributed by atoms with Crippen LogP contribution >= 0.6 is 0 Å². The number of rotatable bonds is 2. The van der Waals surface area contributed by atoms with Crippen molar-refractivity contribution < 1.29 is 10.2 Å². The number of aromatic hydroxyl groups is 1. The smallest absolute Gasteiger partial charge is 0.115 e. The maximum atomic E-state index is 11.3. The van der Waals surface area contributed by atoms with Gasteiger partial charge in [-0.2, -0.15) is 0 Å². The van der Waals surface area contributed by atoms with Gasteiger partial charge in [0.1, 0.15) is 5.75 Å². The van der Waals surface area contributed by atoms with E-state index < -0.39 is 0 Å². The number of phenolic OH excluding ortho intramolecular Hbond substituents is 1. The van der Waals surface area contributed by atoms with E-state index in [1.807, 2.05) is 30.6 Å². The lowest BCUT2D eigenvalue weighted by atomic mass is 9.55. The number of aliphatic hydroxyl groups is 1. The van der Waals surface area contributed by atoms with Crippen LogP contribution in [0.15, 0.2) is 42.7 Å². The molecule has 2 N–H and O–H groups in total. The number of benzene rings is 1. The zero-order valence-corrected chi connectivity index (χ0v) is 16.0. The monoisotopic (exact) mass is 363 g/mol. The molecule has 0 bridgehead atoms. The third-order valence-corrected chi connectivity index (χ3v) is 8.05. The fourth-order valence-electron chi connectivity index (χ4n) is 6.74. The van der Waals surface area contributed by atoms with Crippen molar-refractivity contribution in [3.8, 4) is 5.75 Å². The second-order valence-corrected chi connectivity index (χ2v) is 9.35. The van der Waals surface area contributed by atoms with E-state index in [2.05, 4.69) is 24.0 Å². The Morgan fingerprint density at radius 2 is 2.11 bits per heavy atom. The summed E-state index contributed by atoms with van der Waals surface area (Å²) in [7, 11) is 0. The van der Waals surface area contributed by atoms with Crippen molar-refractivity contribution in [1.29, 1.82) is 0 Å². The summed E-state index contributed by atoms with van der Waals surface area (Å²) in [5, 5.41) is 21.1. The summed E-state index contributed by atoms with van der Waals surface area (Å²) < 4.78 is 0. The molecule has 1 aromatic heterocycles. The zero-order valence-electron chi connectivity index (χ0n) is 16.0. The van der Waals surface area contributed by atoms with E-state index in [0.29, 0.717) is 29.4 Å². The van der Waals surface area contributed by atoms with Crippen molar-refractivity contribution in [1.82, 2.24) is 4.98 Å². The molecule has 4 unspecified atom stereocenters. The van der Waals surface area contributed by atoms with Crippen LogP contribution < -0.4 is 0 Å². The molecular formula is C24H29NO2. The molecule has 3 heteroatoms. The third kappa shape index (κ3) is 2.70. The maximum absolute atomic E-state index is 11.3. The summed E-state index contributed by atoms with van der Waals surface area (Å²) in [5.74, 6) is 2.57. The summed E-state index contributed by atoms with van der Waals surface area (Å²) >= 11 is 0. The molecule has 0 spiro atoms. The van der Waals surface area contributed by atoms with Crippen molar-refractivity contribution in [2.45, 2.75) is 57.5 Å². The normalized spacial score (nSPS) is 37.3. The molecule has 0 saturated heterocycles. The van der Waals surface area contributed by atoms with Crippen LogP contribution in [-0.4, -0.2) is 21.3 Å². The van der Waals surface area contributed by atoms with Crippen LogP contribution in [0.25, 0.3) is 0 Å². The first kappa shape index (κ1) is 17.2. The Bertz CT molecular complexity index is 836. The summed E-state index contributed by atoms with van der Waals surface area (Å²) in [6.07, 6.45) is 10.1. The van der Waals surface area contributed by atoms with Gasteiger partial charge in [0, 0.05) is 12.4 Å². The Labute approximate surface area is 161 Å². The Morgan fingerprint density at radius 3 is 2.93 bits per heavy atom. The highest BCUT2D eigenvalue weighted by Gasteiger charge is 2.57. The van der Waals surface area contributed by atoms with Crippen molar-refractivity contribution in [3.05, 3.63) is 59.4 Å². The van der Waals surface area contributed by atoms with Crippen LogP contribution in [-0.2, 0) is 12.8 Å². The first-order valence-corrected chi connectivity index (χ1v) is 10.4. The number of phenols is 1. The predicted molar refractivity (Wildman–Crippen MR) is 106 cm³/mol. The molecule has 0 radical (unpaired) electrons. The third-order valence-electron chi connectivity index (χ3n) is 8.05. The summed E-state index contributed by atoms with van der Waals surface area (Å²) in [5.41, 5.74) is 4.08. The highest BCUT2D eigenvalue weighted by molar-refractivity contribution is 5.40. The lowest BCUT2D eigenvalue weighted by molar-refractivity contribution is -0.0325. The van der Waals surface area contributed by atoms with Gasteiger partial charge in [-0.1, -0.05) is 19.1 Å². The number of hydrogen-bond acceptors (Lipinski definition) is 3. The largest absolute Gasteiger partial charge is 0.508 e. The number of nitrogens with zero attached hydrogens (tertiary/aromatic N) is 1. The van der Waals surface area contributed by atoms with E-state index in [-0.39, 0.29) is 11.5 Å². The standard InChI is InChI=1S/C24H29NO2/c1-24-9-8-20-19-7-5-18(26)12-16(19)4-6-21(20)22(24)13-17(23(24)27)11-15-3-2-10-25-14-15/h2-3,5,7,10,12,14,17,20-23,26-27H,4,6,8-9,11,13H2,1H3/t17?,20?,21?,22?,23-,24-/m0/s1. The van der Waals surface area contributed by atoms with E-state index in [1.165, 1.54) is 23.1 Å². The van der Waals surface area contributed by atoms with Gasteiger partial charge in [-0.3, -0.25) is 4.98 Å². The van der Waals surface area contributed by atoms with Gasteiger partial charge in [-0.15, -0.1) is 0 Å². The Balaban J connectivity index is 1.42. The fourth-order valence-corrected chi connectivity index (χ4v) is 6.74. The Hall–Kier alpha value is -1.87. The first-order chi connectivity index (χ1) is 13.1. The van der Waals surface area contributed by atoms with Crippen LogP contribution in [0, 0.1) is 23.2 Å². The van der Waals surface area contributed by atoms with Crippen molar-refractivity contribution >= 4 is 0 Å². The highest BCUT2D eigenvalue weighted by atomic mass is 16.3. The SMILES string of the molecule is C[C@]12CCC3c4ccc(O)cc4CCC3C1CC(Cc1cccnc1)[C@@H]2O.